The Morgan fingerprint density at radius 3 is 2.67 bits per heavy atom. The Morgan fingerprint density at radius 2 is 2.03 bits per heavy atom. The van der Waals surface area contributed by atoms with Gasteiger partial charge in [-0.25, -0.2) is 14.4 Å². The van der Waals surface area contributed by atoms with E-state index in [0.717, 1.165) is 0 Å². The molecule has 2 atom stereocenters. The molecule has 1 aliphatic heterocycles. The standard InChI is InChI=1S/C21H25FN6O2/c1-20(2)10-16(19(22)21(3,4)27-20)30-17-6-5-14(25-26-17)18-15(29)9-13(11-24-18)28-8-7-23-12-28/h5-9,11-12,16,19,27,29H,10H2,1-4H3/t16-,19-/m0/s1. The normalized spacial score (nSPS) is 22.6. The first-order valence-electron chi connectivity index (χ1n) is 9.76. The predicted molar refractivity (Wildman–Crippen MR) is 109 cm³/mol. The number of alkyl halides is 1. The molecule has 158 valence electrons. The second-order valence-corrected chi connectivity index (χ2v) is 8.78. The molecule has 0 saturated carbocycles. The summed E-state index contributed by atoms with van der Waals surface area (Å²) in [6.07, 6.45) is 5.27. The largest absolute Gasteiger partial charge is 0.506 e. The minimum absolute atomic E-state index is 0.0326. The molecule has 0 unspecified atom stereocenters. The fraction of sp³-hybridized carbons (Fsp3) is 0.429. The van der Waals surface area contributed by atoms with Crippen molar-refractivity contribution >= 4 is 0 Å². The molecule has 0 aromatic carbocycles. The number of piperidine rings is 1. The zero-order valence-electron chi connectivity index (χ0n) is 17.4. The van der Waals surface area contributed by atoms with Gasteiger partial charge in [0.15, 0.2) is 6.17 Å². The average Bonchev–Trinajstić information content (AvgIpc) is 3.20. The Hall–Kier alpha value is -3.07. The Bertz CT molecular complexity index is 1020. The highest BCUT2D eigenvalue weighted by Crippen LogP contribution is 2.34. The summed E-state index contributed by atoms with van der Waals surface area (Å²) in [7, 11) is 0. The van der Waals surface area contributed by atoms with E-state index < -0.39 is 17.8 Å². The molecule has 0 aliphatic carbocycles. The third-order valence-electron chi connectivity index (χ3n) is 5.20. The third kappa shape index (κ3) is 3.97. The molecule has 0 amide bonds. The SMILES string of the molecule is CC1(C)C[C@H](Oc2ccc(-c3ncc(-n4ccnc4)cc3O)nn2)[C@H](F)C(C)(C)N1. The summed E-state index contributed by atoms with van der Waals surface area (Å²) in [5, 5.41) is 21.9. The van der Waals surface area contributed by atoms with Gasteiger partial charge in [-0.15, -0.1) is 10.2 Å². The monoisotopic (exact) mass is 412 g/mol. The molecule has 0 spiro atoms. The van der Waals surface area contributed by atoms with E-state index in [-0.39, 0.29) is 17.2 Å². The summed E-state index contributed by atoms with van der Waals surface area (Å²) >= 11 is 0. The van der Waals surface area contributed by atoms with E-state index in [1.54, 1.807) is 47.7 Å². The van der Waals surface area contributed by atoms with Gasteiger partial charge in [-0.1, -0.05) is 0 Å². The number of ether oxygens (including phenoxy) is 1. The second-order valence-electron chi connectivity index (χ2n) is 8.78. The smallest absolute Gasteiger partial charge is 0.233 e. The van der Waals surface area contributed by atoms with Crippen LogP contribution in [0, 0.1) is 0 Å². The lowest BCUT2D eigenvalue weighted by molar-refractivity contribution is -0.0281. The predicted octanol–water partition coefficient (Wildman–Crippen LogP) is 3.07. The van der Waals surface area contributed by atoms with Crippen molar-refractivity contribution in [2.75, 3.05) is 0 Å². The lowest BCUT2D eigenvalue weighted by atomic mass is 9.79. The summed E-state index contributed by atoms with van der Waals surface area (Å²) in [4.78, 5) is 8.27. The topological polar surface area (TPSA) is 98.0 Å². The molecule has 1 aliphatic rings. The van der Waals surface area contributed by atoms with Crippen LogP contribution in [0.5, 0.6) is 11.6 Å². The van der Waals surface area contributed by atoms with Crippen LogP contribution in [0.3, 0.4) is 0 Å². The van der Waals surface area contributed by atoms with E-state index in [2.05, 4.69) is 25.5 Å². The van der Waals surface area contributed by atoms with Gasteiger partial charge in [-0.3, -0.25) is 0 Å². The van der Waals surface area contributed by atoms with Crippen molar-refractivity contribution in [3.63, 3.8) is 0 Å². The van der Waals surface area contributed by atoms with Gasteiger partial charge >= 0.3 is 0 Å². The van der Waals surface area contributed by atoms with Gasteiger partial charge in [-0.05, 0) is 33.8 Å². The van der Waals surface area contributed by atoms with Crippen LogP contribution in [-0.4, -0.2) is 53.2 Å². The highest BCUT2D eigenvalue weighted by Gasteiger charge is 2.47. The Morgan fingerprint density at radius 1 is 1.23 bits per heavy atom. The maximum atomic E-state index is 14.9. The van der Waals surface area contributed by atoms with E-state index in [4.69, 9.17) is 4.74 Å². The van der Waals surface area contributed by atoms with Crippen LogP contribution in [-0.2, 0) is 0 Å². The van der Waals surface area contributed by atoms with Crippen molar-refractivity contribution < 1.29 is 14.2 Å². The van der Waals surface area contributed by atoms with Crippen molar-refractivity contribution in [1.82, 2.24) is 30.0 Å². The zero-order valence-corrected chi connectivity index (χ0v) is 17.4. The molecule has 8 nitrogen and oxygen atoms in total. The molecule has 30 heavy (non-hydrogen) atoms. The number of aromatic nitrogens is 5. The number of aromatic hydroxyl groups is 1. The number of imidazole rings is 1. The van der Waals surface area contributed by atoms with E-state index in [1.807, 2.05) is 27.7 Å². The number of halogens is 1. The second kappa shape index (κ2) is 7.32. The van der Waals surface area contributed by atoms with Crippen molar-refractivity contribution in [2.24, 2.45) is 0 Å². The molecule has 0 bridgehead atoms. The van der Waals surface area contributed by atoms with Gasteiger partial charge < -0.3 is 19.7 Å². The lowest BCUT2D eigenvalue weighted by Crippen LogP contribution is -2.66. The van der Waals surface area contributed by atoms with Crippen LogP contribution in [0.1, 0.15) is 34.1 Å². The first-order valence-corrected chi connectivity index (χ1v) is 9.76. The van der Waals surface area contributed by atoms with Crippen molar-refractivity contribution in [2.45, 2.75) is 57.5 Å². The minimum Gasteiger partial charge on any atom is -0.506 e. The molecule has 4 rings (SSSR count). The minimum atomic E-state index is -1.20. The molecular formula is C21H25FN6O2. The summed E-state index contributed by atoms with van der Waals surface area (Å²) in [5.74, 6) is 0.198. The molecule has 1 saturated heterocycles. The highest BCUT2D eigenvalue weighted by atomic mass is 19.1. The van der Waals surface area contributed by atoms with Crippen molar-refractivity contribution in [3.8, 4) is 28.7 Å². The van der Waals surface area contributed by atoms with Crippen LogP contribution in [0.4, 0.5) is 4.39 Å². The molecule has 3 aromatic heterocycles. The Balaban J connectivity index is 1.52. The van der Waals surface area contributed by atoms with E-state index in [9.17, 15) is 9.50 Å². The first-order chi connectivity index (χ1) is 14.1. The van der Waals surface area contributed by atoms with Gasteiger partial charge in [0.1, 0.15) is 23.2 Å². The maximum Gasteiger partial charge on any atom is 0.233 e. The quantitative estimate of drug-likeness (QED) is 0.680. The summed E-state index contributed by atoms with van der Waals surface area (Å²) in [6, 6.07) is 4.83. The molecule has 4 heterocycles. The summed E-state index contributed by atoms with van der Waals surface area (Å²) in [6.45, 7) is 7.69. The van der Waals surface area contributed by atoms with Crippen LogP contribution >= 0.6 is 0 Å². The molecule has 0 radical (unpaired) electrons. The average molecular weight is 412 g/mol. The number of hydrogen-bond acceptors (Lipinski definition) is 7. The number of hydrogen-bond donors (Lipinski definition) is 2. The van der Waals surface area contributed by atoms with Gasteiger partial charge in [0.2, 0.25) is 5.88 Å². The number of rotatable bonds is 4. The summed E-state index contributed by atoms with van der Waals surface area (Å²) in [5.41, 5.74) is 0.375. The molecule has 3 aromatic rings. The van der Waals surface area contributed by atoms with Crippen molar-refractivity contribution in [3.05, 3.63) is 43.1 Å². The lowest BCUT2D eigenvalue weighted by Gasteiger charge is -2.48. The van der Waals surface area contributed by atoms with E-state index in [1.165, 1.54) is 0 Å². The number of nitrogens with one attached hydrogen (secondary N) is 1. The van der Waals surface area contributed by atoms with Crippen LogP contribution < -0.4 is 10.1 Å². The van der Waals surface area contributed by atoms with Gasteiger partial charge in [-0.2, -0.15) is 0 Å². The van der Waals surface area contributed by atoms with Crippen LogP contribution in [0.15, 0.2) is 43.1 Å². The van der Waals surface area contributed by atoms with Gasteiger partial charge in [0.25, 0.3) is 0 Å². The zero-order chi connectivity index (χ0) is 21.5. The Labute approximate surface area is 174 Å². The first kappa shape index (κ1) is 20.2. The van der Waals surface area contributed by atoms with Gasteiger partial charge in [0.05, 0.1) is 18.2 Å². The van der Waals surface area contributed by atoms with Gasteiger partial charge in [0, 0.05) is 42.0 Å². The molecule has 9 heteroatoms. The van der Waals surface area contributed by atoms with E-state index in [0.29, 0.717) is 23.5 Å². The number of pyridine rings is 1. The molecule has 1 fully saturated rings. The molecule has 2 N–H and O–H groups in total. The third-order valence-corrected chi connectivity index (χ3v) is 5.20. The van der Waals surface area contributed by atoms with Crippen LogP contribution in [0.2, 0.25) is 0 Å². The van der Waals surface area contributed by atoms with E-state index >= 15 is 0 Å². The fourth-order valence-electron chi connectivity index (χ4n) is 4.02. The Kier molecular flexibility index (Phi) is 4.93. The fourth-order valence-corrected chi connectivity index (χ4v) is 4.02. The highest BCUT2D eigenvalue weighted by molar-refractivity contribution is 5.63. The summed E-state index contributed by atoms with van der Waals surface area (Å²) < 4.78 is 22.5. The van der Waals surface area contributed by atoms with Crippen molar-refractivity contribution in [1.29, 1.82) is 0 Å². The maximum absolute atomic E-state index is 14.9. The molecular weight excluding hydrogens is 387 g/mol. The number of nitrogens with zero attached hydrogens (tertiary/aromatic N) is 5. The van der Waals surface area contributed by atoms with Crippen LogP contribution in [0.25, 0.3) is 17.1 Å².